The van der Waals surface area contributed by atoms with E-state index in [2.05, 4.69) is 10.4 Å². The zero-order valence-electron chi connectivity index (χ0n) is 14.1. The number of rotatable bonds is 4. The van der Waals surface area contributed by atoms with Crippen LogP contribution in [-0.2, 0) is 6.54 Å². The molecule has 0 aliphatic heterocycles. The fraction of sp³-hybridized carbons (Fsp3) is 0.150. The summed E-state index contributed by atoms with van der Waals surface area (Å²) in [5, 5.41) is 9.31. The first-order valence-electron chi connectivity index (χ1n) is 8.13. The molecule has 2 aromatic carbocycles. The second-order valence-corrected chi connectivity index (χ2v) is 6.47. The van der Waals surface area contributed by atoms with Crippen molar-refractivity contribution >= 4 is 28.4 Å². The summed E-state index contributed by atoms with van der Waals surface area (Å²) in [6.45, 7) is 2.64. The zero-order valence-corrected chi connectivity index (χ0v) is 14.8. The van der Waals surface area contributed by atoms with E-state index in [-0.39, 0.29) is 0 Å². The Balaban J connectivity index is 1.80. The van der Waals surface area contributed by atoms with Crippen LogP contribution in [0.5, 0.6) is 0 Å². The van der Waals surface area contributed by atoms with Gasteiger partial charge in [-0.05, 0) is 25.1 Å². The molecule has 0 amide bonds. The number of hydrogen-bond donors (Lipinski definition) is 1. The quantitative estimate of drug-likeness (QED) is 0.539. The van der Waals surface area contributed by atoms with Gasteiger partial charge in [0, 0.05) is 40.3 Å². The van der Waals surface area contributed by atoms with Gasteiger partial charge in [0.2, 0.25) is 0 Å². The highest BCUT2D eigenvalue weighted by molar-refractivity contribution is 6.31. The maximum Gasteiger partial charge on any atom is 0.148 e. The van der Waals surface area contributed by atoms with Gasteiger partial charge in [-0.25, -0.2) is 0 Å². The number of benzene rings is 2. The summed E-state index contributed by atoms with van der Waals surface area (Å²) >= 11 is 6.33. The van der Waals surface area contributed by atoms with Crippen LogP contribution in [0.2, 0.25) is 5.02 Å². The van der Waals surface area contributed by atoms with E-state index in [0.717, 1.165) is 39.4 Å². The molecule has 4 rings (SSSR count). The van der Waals surface area contributed by atoms with Crippen molar-refractivity contribution in [2.75, 3.05) is 12.4 Å². The van der Waals surface area contributed by atoms with E-state index >= 15 is 0 Å². The highest BCUT2D eigenvalue weighted by atomic mass is 35.5. The third-order valence-electron chi connectivity index (χ3n) is 4.27. The van der Waals surface area contributed by atoms with Crippen LogP contribution in [0, 0.1) is 6.92 Å². The maximum absolute atomic E-state index is 6.33. The topological polar surface area (TPSA) is 43.0 Å². The van der Waals surface area contributed by atoms with Crippen LogP contribution in [0.1, 0.15) is 11.3 Å². The molecule has 126 valence electrons. The number of nitrogens with zero attached hydrogens (tertiary/aromatic N) is 2. The fourth-order valence-corrected chi connectivity index (χ4v) is 3.25. The fourth-order valence-electron chi connectivity index (χ4n) is 3.00. The summed E-state index contributed by atoms with van der Waals surface area (Å²) in [4.78, 5) is 0. The van der Waals surface area contributed by atoms with Crippen molar-refractivity contribution in [1.29, 1.82) is 0 Å². The van der Waals surface area contributed by atoms with E-state index < -0.39 is 0 Å². The third-order valence-corrected chi connectivity index (χ3v) is 4.49. The number of hydrogen-bond acceptors (Lipinski definition) is 3. The normalized spacial score (nSPS) is 11.2. The molecular formula is C20H18ClN3O. The van der Waals surface area contributed by atoms with E-state index in [1.54, 1.807) is 0 Å². The van der Waals surface area contributed by atoms with Gasteiger partial charge in [0.25, 0.3) is 0 Å². The van der Waals surface area contributed by atoms with Crippen LogP contribution in [0.4, 0.5) is 5.82 Å². The number of furan rings is 1. The second-order valence-electron chi connectivity index (χ2n) is 6.04. The molecule has 1 N–H and O–H groups in total. The van der Waals surface area contributed by atoms with Crippen molar-refractivity contribution in [3.63, 3.8) is 0 Å². The first-order chi connectivity index (χ1) is 12.1. The van der Waals surface area contributed by atoms with Crippen molar-refractivity contribution < 1.29 is 4.42 Å². The molecule has 5 heteroatoms. The molecule has 0 atom stereocenters. The second kappa shape index (κ2) is 6.30. The molecule has 0 fully saturated rings. The van der Waals surface area contributed by atoms with E-state index in [4.69, 9.17) is 16.0 Å². The van der Waals surface area contributed by atoms with Gasteiger partial charge in [0.05, 0.1) is 6.54 Å². The lowest BCUT2D eigenvalue weighted by Gasteiger charge is -2.06. The number of nitrogens with one attached hydrogen (secondary N) is 1. The van der Waals surface area contributed by atoms with Crippen LogP contribution < -0.4 is 5.32 Å². The number of halogens is 1. The van der Waals surface area contributed by atoms with Gasteiger partial charge in [-0.15, -0.1) is 0 Å². The Morgan fingerprint density at radius 1 is 1.12 bits per heavy atom. The highest BCUT2D eigenvalue weighted by Crippen LogP contribution is 2.32. The number of anilines is 1. The van der Waals surface area contributed by atoms with E-state index in [1.807, 2.05) is 73.3 Å². The van der Waals surface area contributed by atoms with Gasteiger partial charge in [-0.2, -0.15) is 5.10 Å². The molecule has 0 aliphatic carbocycles. The summed E-state index contributed by atoms with van der Waals surface area (Å²) < 4.78 is 8.12. The van der Waals surface area contributed by atoms with Gasteiger partial charge < -0.3 is 9.73 Å². The summed E-state index contributed by atoms with van der Waals surface area (Å²) in [7, 11) is 1.86. The number of aromatic nitrogens is 2. The predicted molar refractivity (Wildman–Crippen MR) is 102 cm³/mol. The molecule has 2 heterocycles. The van der Waals surface area contributed by atoms with Crippen molar-refractivity contribution in [3.05, 3.63) is 70.9 Å². The summed E-state index contributed by atoms with van der Waals surface area (Å²) in [5.74, 6) is 1.69. The molecule has 0 radical (unpaired) electrons. The molecule has 0 bridgehead atoms. The molecule has 25 heavy (non-hydrogen) atoms. The zero-order chi connectivity index (χ0) is 17.4. The monoisotopic (exact) mass is 351 g/mol. The largest absolute Gasteiger partial charge is 0.456 e. The number of aryl methyl sites for hydroxylation is 1. The van der Waals surface area contributed by atoms with Gasteiger partial charge in [-0.1, -0.05) is 41.9 Å². The van der Waals surface area contributed by atoms with Crippen molar-refractivity contribution in [3.8, 4) is 11.3 Å². The smallest absolute Gasteiger partial charge is 0.148 e. The van der Waals surface area contributed by atoms with Gasteiger partial charge in [0.1, 0.15) is 17.2 Å². The van der Waals surface area contributed by atoms with Crippen LogP contribution in [0.15, 0.2) is 59.0 Å². The molecule has 0 unspecified atom stereocenters. The van der Waals surface area contributed by atoms with E-state index in [9.17, 15) is 0 Å². The summed E-state index contributed by atoms with van der Waals surface area (Å²) in [6, 6.07) is 18.0. The SMILES string of the molecule is CNc1cc(C)n(Cc2cc(Cl)cc3cc(-c4ccccc4)oc23)n1. The van der Waals surface area contributed by atoms with Crippen LogP contribution >= 0.6 is 11.6 Å². The van der Waals surface area contributed by atoms with Crippen molar-refractivity contribution in [1.82, 2.24) is 9.78 Å². The minimum absolute atomic E-state index is 0.603. The first-order valence-corrected chi connectivity index (χ1v) is 8.51. The van der Waals surface area contributed by atoms with Gasteiger partial charge >= 0.3 is 0 Å². The standard InChI is InChI=1S/C20H18ClN3O/c1-13-8-19(22-2)23-24(13)12-16-10-17(21)9-15-11-18(25-20(15)16)14-6-4-3-5-7-14/h3-11H,12H2,1-2H3,(H,22,23). The van der Waals surface area contributed by atoms with E-state index in [1.165, 1.54) is 0 Å². The minimum Gasteiger partial charge on any atom is -0.456 e. The Bertz CT molecular complexity index is 1030. The summed E-state index contributed by atoms with van der Waals surface area (Å²) in [6.07, 6.45) is 0. The van der Waals surface area contributed by atoms with Crippen LogP contribution in [0.25, 0.3) is 22.3 Å². The lowest BCUT2D eigenvalue weighted by atomic mass is 10.1. The minimum atomic E-state index is 0.603. The highest BCUT2D eigenvalue weighted by Gasteiger charge is 2.13. The van der Waals surface area contributed by atoms with Crippen LogP contribution in [-0.4, -0.2) is 16.8 Å². The van der Waals surface area contributed by atoms with E-state index in [0.29, 0.717) is 11.6 Å². The molecule has 0 saturated carbocycles. The molecular weight excluding hydrogens is 334 g/mol. The molecule has 4 nitrogen and oxygen atoms in total. The van der Waals surface area contributed by atoms with Crippen molar-refractivity contribution in [2.24, 2.45) is 0 Å². The first kappa shape index (κ1) is 15.8. The molecule has 0 saturated heterocycles. The predicted octanol–water partition coefficient (Wildman–Crippen LogP) is 5.35. The third kappa shape index (κ3) is 3.01. The lowest BCUT2D eigenvalue weighted by Crippen LogP contribution is -2.04. The van der Waals surface area contributed by atoms with Crippen molar-refractivity contribution in [2.45, 2.75) is 13.5 Å². The maximum atomic E-state index is 6.33. The Labute approximate surface area is 151 Å². The number of fused-ring (bicyclic) bond motifs is 1. The Hall–Kier alpha value is -2.72. The van der Waals surface area contributed by atoms with Gasteiger partial charge in [-0.3, -0.25) is 4.68 Å². The summed E-state index contributed by atoms with van der Waals surface area (Å²) in [5.41, 5.74) is 3.99. The molecule has 2 aromatic heterocycles. The Morgan fingerprint density at radius 3 is 2.64 bits per heavy atom. The lowest BCUT2D eigenvalue weighted by molar-refractivity contribution is 0.611. The van der Waals surface area contributed by atoms with Gasteiger partial charge in [0.15, 0.2) is 0 Å². The Morgan fingerprint density at radius 2 is 1.92 bits per heavy atom. The average molecular weight is 352 g/mol. The molecule has 4 aromatic rings. The Kier molecular flexibility index (Phi) is 3.98. The average Bonchev–Trinajstić information content (AvgIpc) is 3.19. The molecule has 0 aliphatic rings. The molecule has 0 spiro atoms. The van der Waals surface area contributed by atoms with Crippen LogP contribution in [0.3, 0.4) is 0 Å².